The van der Waals surface area contributed by atoms with Crippen LogP contribution in [-0.4, -0.2) is 129 Å². The van der Waals surface area contributed by atoms with Gasteiger partial charge in [0.15, 0.2) is 0 Å². The van der Waals surface area contributed by atoms with Gasteiger partial charge in [0.05, 0.1) is 17.8 Å². The van der Waals surface area contributed by atoms with Gasteiger partial charge in [-0.15, -0.1) is 0 Å². The number of rotatable bonds is 29. The lowest BCUT2D eigenvalue weighted by atomic mass is 9.76. The number of imide groups is 1. The number of hydrogen-bond donors (Lipinski definition) is 8. The first-order chi connectivity index (χ1) is 35.9. The normalized spacial score (nSPS) is 15.0. The lowest BCUT2D eigenvalue weighted by molar-refractivity contribution is -0.141. The van der Waals surface area contributed by atoms with Crippen LogP contribution in [0.3, 0.4) is 0 Å². The van der Waals surface area contributed by atoms with Crippen LogP contribution in [0.15, 0.2) is 78.4 Å². The summed E-state index contributed by atoms with van der Waals surface area (Å²) in [4.78, 5) is 120. The number of nitrogens with two attached hydrogens (primary N) is 1. The van der Waals surface area contributed by atoms with Crippen molar-refractivity contribution in [2.45, 2.75) is 149 Å². The quantitative estimate of drug-likeness (QED) is 0.0329. The van der Waals surface area contributed by atoms with E-state index in [0.29, 0.717) is 19.3 Å². The van der Waals surface area contributed by atoms with E-state index in [4.69, 9.17) is 5.73 Å². The summed E-state index contributed by atoms with van der Waals surface area (Å²) >= 11 is 0. The van der Waals surface area contributed by atoms with Crippen LogP contribution in [0.2, 0.25) is 0 Å². The van der Waals surface area contributed by atoms with Gasteiger partial charge < -0.3 is 42.5 Å². The zero-order chi connectivity index (χ0) is 58.0. The Bertz CT molecular complexity index is 2580. The van der Waals surface area contributed by atoms with Gasteiger partial charge in [-0.25, -0.2) is 17.9 Å². The molecule has 2 aromatic rings. The minimum absolute atomic E-state index is 0.0353. The van der Waals surface area contributed by atoms with Crippen molar-refractivity contribution in [2.24, 2.45) is 23.0 Å². The van der Waals surface area contributed by atoms with Crippen LogP contribution in [-0.2, 0) is 59.5 Å². The highest BCUT2D eigenvalue weighted by Crippen LogP contribution is 2.29. The summed E-state index contributed by atoms with van der Waals surface area (Å²) in [5.74, 6) is -5.32. The number of nitrogens with zero attached hydrogens (tertiary/aromatic N) is 2. The number of carbonyl (C=O) groups excluding carboxylic acids is 9. The summed E-state index contributed by atoms with van der Waals surface area (Å²) in [6.07, 6.45) is 5.81. The van der Waals surface area contributed by atoms with Gasteiger partial charge in [0.1, 0.15) is 18.1 Å². The molecule has 0 saturated carbocycles. The molecule has 424 valence electrons. The summed E-state index contributed by atoms with van der Waals surface area (Å²) in [5, 5.41) is 16.7. The molecule has 2 aromatic carbocycles. The van der Waals surface area contributed by atoms with Crippen LogP contribution in [0.4, 0.5) is 10.5 Å². The third kappa shape index (κ3) is 19.9. The number of carbonyl (C=O) groups is 9. The number of anilines is 1. The zero-order valence-electron chi connectivity index (χ0n) is 46.7. The molecule has 21 nitrogen and oxygen atoms in total. The van der Waals surface area contributed by atoms with Gasteiger partial charge in [-0.3, -0.25) is 43.3 Å². The van der Waals surface area contributed by atoms with Crippen molar-refractivity contribution in [3.8, 4) is 0 Å². The second-order valence-corrected chi connectivity index (χ2v) is 23.5. The van der Waals surface area contributed by atoms with Gasteiger partial charge in [-0.05, 0) is 80.2 Å². The zero-order valence-corrected chi connectivity index (χ0v) is 47.5. The van der Waals surface area contributed by atoms with Crippen molar-refractivity contribution in [1.29, 1.82) is 0 Å². The van der Waals surface area contributed by atoms with E-state index in [1.54, 1.807) is 27.9 Å². The molecule has 0 radical (unpaired) electrons. The summed E-state index contributed by atoms with van der Waals surface area (Å²) in [6, 6.07) is 10.1. The SMILES string of the molecule is CN[C@H](C(=O)NC(C(=O)N(C)[C@H](/C=C(\C)C(=O)NS(=O)(=O)Cc1ccc(NC(=O)[C@H](CCCNC(N)=O)NC(=O)C(NC(=O)CCCCCN2C(=O)C=CC2=O)C(C)C)cc1)C(C)C)C(C)(C)C)C(C)(C)c1ccccc1. The number of primary amides is 1. The van der Waals surface area contributed by atoms with Crippen molar-refractivity contribution in [2.75, 3.05) is 32.5 Å². The predicted octanol–water partition coefficient (Wildman–Crippen LogP) is 3.66. The fraction of sp³-hybridized carbons (Fsp3) is 0.545. The standard InChI is InChI=1S/C55H82N10O11S/c1-34(2)41(64(12)52(73)47(54(6,7)8)62-51(72)46(57-11)55(9,10)38-20-15-13-16-21-38)32-36(5)48(69)63-77(75,76)33-37-24-26-39(27-25-37)59-49(70)40(22-19-30-58-53(56)74)60-50(71)45(35(3)4)61-42(66)23-17-14-18-31-65-43(67)28-29-44(65)68/h13,15-16,20-21,24-29,32,34-35,40-41,45-47,57H,14,17-19,22-23,30-31,33H2,1-12H3,(H,59,70)(H,60,71)(H,61,66)(H,62,72)(H,63,69)(H3,56,58,74)/b36-32+/t40-,41+,45?,46+,47?/m0/s1. The van der Waals surface area contributed by atoms with Crippen molar-refractivity contribution in [3.63, 3.8) is 0 Å². The Balaban J connectivity index is 1.67. The molecule has 0 fully saturated rings. The van der Waals surface area contributed by atoms with E-state index in [9.17, 15) is 51.6 Å². The Morgan fingerprint density at radius 3 is 1.91 bits per heavy atom. The van der Waals surface area contributed by atoms with Crippen LogP contribution >= 0.6 is 0 Å². The van der Waals surface area contributed by atoms with Gasteiger partial charge in [0.2, 0.25) is 39.6 Å². The van der Waals surface area contributed by atoms with Crippen molar-refractivity contribution >= 4 is 69.0 Å². The molecule has 0 saturated heterocycles. The fourth-order valence-corrected chi connectivity index (χ4v) is 9.91. The van der Waals surface area contributed by atoms with E-state index < -0.39 is 92.4 Å². The Morgan fingerprint density at radius 1 is 0.753 bits per heavy atom. The van der Waals surface area contributed by atoms with E-state index >= 15 is 0 Å². The lowest BCUT2D eigenvalue weighted by Gasteiger charge is -2.40. The van der Waals surface area contributed by atoms with Crippen LogP contribution in [0.25, 0.3) is 0 Å². The van der Waals surface area contributed by atoms with Crippen LogP contribution in [0.5, 0.6) is 0 Å². The number of amides is 10. The van der Waals surface area contributed by atoms with Gasteiger partial charge in [0, 0.05) is 55.4 Å². The summed E-state index contributed by atoms with van der Waals surface area (Å²) < 4.78 is 28.9. The van der Waals surface area contributed by atoms with Gasteiger partial charge in [-0.2, -0.15) is 0 Å². The number of nitrogens with one attached hydrogen (secondary N) is 7. The highest BCUT2D eigenvalue weighted by molar-refractivity contribution is 7.89. The second kappa shape index (κ2) is 29.0. The molecule has 1 heterocycles. The predicted molar refractivity (Wildman–Crippen MR) is 295 cm³/mol. The van der Waals surface area contributed by atoms with Crippen molar-refractivity contribution in [1.82, 2.24) is 41.1 Å². The van der Waals surface area contributed by atoms with Crippen molar-refractivity contribution in [3.05, 3.63) is 89.5 Å². The van der Waals surface area contributed by atoms with E-state index in [1.165, 1.54) is 54.3 Å². The maximum Gasteiger partial charge on any atom is 0.312 e. The first-order valence-electron chi connectivity index (χ1n) is 26.0. The maximum absolute atomic E-state index is 14.4. The van der Waals surface area contributed by atoms with E-state index in [-0.39, 0.29) is 78.7 Å². The molecule has 1 aliphatic heterocycles. The topological polar surface area (TPSA) is 304 Å². The van der Waals surface area contributed by atoms with Gasteiger partial charge in [-0.1, -0.05) is 117 Å². The second-order valence-electron chi connectivity index (χ2n) is 21.8. The number of benzene rings is 2. The summed E-state index contributed by atoms with van der Waals surface area (Å²) in [5.41, 5.74) is 5.31. The molecule has 22 heteroatoms. The minimum Gasteiger partial charge on any atom is -0.352 e. The Kier molecular flexibility index (Phi) is 24.2. The molecule has 3 rings (SSSR count). The first kappa shape index (κ1) is 64.3. The average Bonchev–Trinajstić information content (AvgIpc) is 3.66. The number of sulfonamides is 1. The van der Waals surface area contributed by atoms with Crippen molar-refractivity contribution < 1.29 is 51.6 Å². The highest BCUT2D eigenvalue weighted by atomic mass is 32.2. The lowest BCUT2D eigenvalue weighted by Crippen LogP contribution is -2.61. The van der Waals surface area contributed by atoms with Gasteiger partial charge >= 0.3 is 6.03 Å². The molecule has 10 amide bonds. The summed E-state index contributed by atoms with van der Waals surface area (Å²) in [6.45, 7) is 18.4. The number of hydrogen-bond acceptors (Lipinski definition) is 12. The van der Waals surface area contributed by atoms with Gasteiger partial charge in [0.25, 0.3) is 17.7 Å². The number of unbranched alkanes of at least 4 members (excludes halogenated alkanes) is 2. The van der Waals surface area contributed by atoms with Crippen LogP contribution in [0.1, 0.15) is 119 Å². The summed E-state index contributed by atoms with van der Waals surface area (Å²) in [7, 11) is -1.01. The third-order valence-electron chi connectivity index (χ3n) is 13.3. The molecule has 0 bridgehead atoms. The number of likely N-dealkylation sites (N-methyl/N-ethyl adjacent to an activating group) is 2. The Hall–Kier alpha value is -6.94. The molecule has 5 atom stereocenters. The van der Waals surface area contributed by atoms with Crippen LogP contribution < -0.4 is 42.4 Å². The average molecular weight is 1090 g/mol. The monoisotopic (exact) mass is 1090 g/mol. The molecular formula is C55H82N10O11S. The molecular weight excluding hydrogens is 1010 g/mol. The smallest absolute Gasteiger partial charge is 0.312 e. The highest BCUT2D eigenvalue weighted by Gasteiger charge is 2.42. The molecule has 2 unspecified atom stereocenters. The Morgan fingerprint density at radius 2 is 1.36 bits per heavy atom. The first-order valence-corrected chi connectivity index (χ1v) is 27.6. The largest absolute Gasteiger partial charge is 0.352 e. The molecule has 77 heavy (non-hydrogen) atoms. The molecule has 0 spiro atoms. The number of urea groups is 1. The van der Waals surface area contributed by atoms with E-state index in [2.05, 4.69) is 36.6 Å². The Labute approximate surface area is 454 Å². The molecule has 0 aliphatic carbocycles. The molecule has 9 N–H and O–H groups in total. The van der Waals surface area contributed by atoms with E-state index in [0.717, 1.165) is 10.5 Å². The maximum atomic E-state index is 14.4. The molecule has 1 aliphatic rings. The minimum atomic E-state index is -4.29. The fourth-order valence-electron chi connectivity index (χ4n) is 8.77. The van der Waals surface area contributed by atoms with E-state index in [1.807, 2.05) is 78.8 Å². The molecule has 0 aromatic heterocycles. The van der Waals surface area contributed by atoms with Crippen LogP contribution in [0, 0.1) is 17.3 Å². The third-order valence-corrected chi connectivity index (χ3v) is 14.5.